The zero-order chi connectivity index (χ0) is 18.2. The van der Waals surface area contributed by atoms with Gasteiger partial charge in [0.15, 0.2) is 0 Å². The average molecular weight is 344 g/mol. The van der Waals surface area contributed by atoms with Crippen molar-refractivity contribution in [2.75, 3.05) is 6.61 Å². The molecule has 0 aliphatic heterocycles. The number of aliphatic imine (C=N–C) groups is 1. The van der Waals surface area contributed by atoms with Crippen molar-refractivity contribution in [2.24, 2.45) is 4.99 Å². The Morgan fingerprint density at radius 3 is 2.38 bits per heavy atom. The number of benzene rings is 2. The van der Waals surface area contributed by atoms with E-state index in [2.05, 4.69) is 4.98 Å². The number of rotatable bonds is 6. The molecular formula is C22H20N2O2. The first kappa shape index (κ1) is 17.5. The van der Waals surface area contributed by atoms with Crippen LogP contribution in [0.25, 0.3) is 0 Å². The van der Waals surface area contributed by atoms with Crippen LogP contribution in [0.5, 0.6) is 0 Å². The summed E-state index contributed by atoms with van der Waals surface area (Å²) < 4.78 is 5.16. The number of aromatic nitrogens is 1. The number of hydrogen-bond donors (Lipinski definition) is 0. The van der Waals surface area contributed by atoms with Crippen LogP contribution in [0.2, 0.25) is 0 Å². The van der Waals surface area contributed by atoms with Crippen LogP contribution in [0.4, 0.5) is 5.69 Å². The van der Waals surface area contributed by atoms with E-state index in [0.717, 1.165) is 16.8 Å². The first-order valence-electron chi connectivity index (χ1n) is 8.56. The van der Waals surface area contributed by atoms with Crippen molar-refractivity contribution in [3.8, 4) is 0 Å². The number of nitrogens with zero attached hydrogens (tertiary/aromatic N) is 2. The van der Waals surface area contributed by atoms with Gasteiger partial charge in [-0.1, -0.05) is 42.5 Å². The van der Waals surface area contributed by atoms with Crippen molar-refractivity contribution < 1.29 is 9.53 Å². The topological polar surface area (TPSA) is 51.5 Å². The normalized spacial score (nSPS) is 11.2. The summed E-state index contributed by atoms with van der Waals surface area (Å²) in [7, 11) is 0. The van der Waals surface area contributed by atoms with Crippen molar-refractivity contribution >= 4 is 17.4 Å². The van der Waals surface area contributed by atoms with E-state index in [1.807, 2.05) is 60.7 Å². The molecule has 0 unspecified atom stereocenters. The van der Waals surface area contributed by atoms with Crippen LogP contribution in [-0.4, -0.2) is 23.3 Å². The van der Waals surface area contributed by atoms with Gasteiger partial charge in [0.1, 0.15) is 0 Å². The largest absolute Gasteiger partial charge is 0.462 e. The highest BCUT2D eigenvalue weighted by Gasteiger charge is 2.13. The molecule has 0 N–H and O–H groups in total. The summed E-state index contributed by atoms with van der Waals surface area (Å²) in [6.45, 7) is 2.13. The molecular weight excluding hydrogens is 324 g/mol. The maximum atomic E-state index is 12.2. The van der Waals surface area contributed by atoms with Crippen LogP contribution >= 0.6 is 0 Å². The molecule has 0 aliphatic rings. The Labute approximate surface area is 153 Å². The van der Waals surface area contributed by atoms with Gasteiger partial charge >= 0.3 is 5.97 Å². The fraction of sp³-hybridized carbons (Fsp3) is 0.136. The quantitative estimate of drug-likeness (QED) is 0.484. The first-order chi connectivity index (χ1) is 12.8. The Morgan fingerprint density at radius 2 is 1.65 bits per heavy atom. The van der Waals surface area contributed by atoms with Crippen molar-refractivity contribution in [3.63, 3.8) is 0 Å². The summed E-state index contributed by atoms with van der Waals surface area (Å²) >= 11 is 0. The lowest BCUT2D eigenvalue weighted by Crippen LogP contribution is -2.08. The van der Waals surface area contributed by atoms with Gasteiger partial charge in [-0.25, -0.2) is 4.79 Å². The molecule has 2 aromatic carbocycles. The lowest BCUT2D eigenvalue weighted by molar-refractivity contribution is 0.0527. The fourth-order valence-corrected chi connectivity index (χ4v) is 2.63. The fourth-order valence-electron chi connectivity index (χ4n) is 2.63. The molecule has 130 valence electrons. The summed E-state index contributed by atoms with van der Waals surface area (Å²) in [5.74, 6) is -0.358. The molecule has 0 bridgehead atoms. The molecule has 0 spiro atoms. The first-order valence-corrected chi connectivity index (χ1v) is 8.56. The molecule has 0 saturated heterocycles. The van der Waals surface area contributed by atoms with E-state index in [-0.39, 0.29) is 5.97 Å². The zero-order valence-electron chi connectivity index (χ0n) is 14.6. The molecule has 1 aromatic heterocycles. The van der Waals surface area contributed by atoms with Crippen molar-refractivity contribution in [2.45, 2.75) is 13.3 Å². The Hall–Kier alpha value is -3.27. The van der Waals surface area contributed by atoms with Crippen LogP contribution in [0.15, 0.2) is 84.1 Å². The lowest BCUT2D eigenvalue weighted by atomic mass is 10.0. The Morgan fingerprint density at radius 1 is 0.962 bits per heavy atom. The SMILES string of the molecule is CCOC(=O)c1ccccc1N=C(Cc1ccncc1)c1ccccc1. The van der Waals surface area contributed by atoms with Gasteiger partial charge in [0.25, 0.3) is 0 Å². The molecule has 0 radical (unpaired) electrons. The number of carbonyl (C=O) groups excluding carboxylic acids is 1. The Bertz CT molecular complexity index is 890. The second kappa shape index (κ2) is 8.72. The summed E-state index contributed by atoms with van der Waals surface area (Å²) in [5.41, 5.74) is 4.09. The van der Waals surface area contributed by atoms with Crippen molar-refractivity contribution in [1.82, 2.24) is 4.98 Å². The third-order valence-corrected chi connectivity index (χ3v) is 3.88. The Balaban J connectivity index is 2.03. The molecule has 4 heteroatoms. The number of ether oxygens (including phenoxy) is 1. The number of carbonyl (C=O) groups is 1. The zero-order valence-corrected chi connectivity index (χ0v) is 14.6. The number of esters is 1. The highest BCUT2D eigenvalue weighted by Crippen LogP contribution is 2.22. The third kappa shape index (κ3) is 4.42. The molecule has 1 heterocycles. The molecule has 4 nitrogen and oxygen atoms in total. The number of pyridine rings is 1. The molecule has 0 atom stereocenters. The van der Waals surface area contributed by atoms with Gasteiger partial charge in [-0.3, -0.25) is 9.98 Å². The van der Waals surface area contributed by atoms with Gasteiger partial charge in [0.2, 0.25) is 0 Å². The predicted octanol–water partition coefficient (Wildman–Crippen LogP) is 4.62. The van der Waals surface area contributed by atoms with Gasteiger partial charge in [0.05, 0.1) is 23.6 Å². The van der Waals surface area contributed by atoms with Crippen LogP contribution in [-0.2, 0) is 11.2 Å². The van der Waals surface area contributed by atoms with E-state index in [0.29, 0.717) is 24.3 Å². The lowest BCUT2D eigenvalue weighted by Gasteiger charge is -2.10. The van der Waals surface area contributed by atoms with Crippen LogP contribution < -0.4 is 0 Å². The van der Waals surface area contributed by atoms with Crippen LogP contribution in [0.1, 0.15) is 28.4 Å². The molecule has 3 aromatic rings. The summed E-state index contributed by atoms with van der Waals surface area (Å²) in [6, 6.07) is 21.2. The summed E-state index contributed by atoms with van der Waals surface area (Å²) in [6.07, 6.45) is 4.18. The van der Waals surface area contributed by atoms with Gasteiger partial charge in [-0.2, -0.15) is 0 Å². The minimum Gasteiger partial charge on any atom is -0.462 e. The van der Waals surface area contributed by atoms with Gasteiger partial charge < -0.3 is 4.74 Å². The maximum absolute atomic E-state index is 12.2. The van der Waals surface area contributed by atoms with E-state index in [1.165, 1.54) is 0 Å². The summed E-state index contributed by atoms with van der Waals surface area (Å²) in [5, 5.41) is 0. The van der Waals surface area contributed by atoms with Crippen LogP contribution in [0, 0.1) is 0 Å². The molecule has 0 saturated carbocycles. The van der Waals surface area contributed by atoms with E-state index in [1.54, 1.807) is 25.4 Å². The smallest absolute Gasteiger partial charge is 0.340 e. The highest BCUT2D eigenvalue weighted by atomic mass is 16.5. The standard InChI is InChI=1S/C22H20N2O2/c1-2-26-22(25)19-10-6-7-11-20(19)24-21(18-8-4-3-5-9-18)16-17-12-14-23-15-13-17/h3-15H,2,16H2,1H3. The van der Waals surface area contributed by atoms with E-state index in [9.17, 15) is 4.79 Å². The maximum Gasteiger partial charge on any atom is 0.340 e. The van der Waals surface area contributed by atoms with Crippen LogP contribution in [0.3, 0.4) is 0 Å². The van der Waals surface area contributed by atoms with E-state index in [4.69, 9.17) is 9.73 Å². The Kier molecular flexibility index (Phi) is 5.88. The molecule has 26 heavy (non-hydrogen) atoms. The molecule has 3 rings (SSSR count). The molecule has 0 amide bonds. The number of para-hydroxylation sites is 1. The van der Waals surface area contributed by atoms with Gasteiger partial charge in [-0.15, -0.1) is 0 Å². The molecule has 0 fully saturated rings. The number of hydrogen-bond acceptors (Lipinski definition) is 4. The van der Waals surface area contributed by atoms with E-state index >= 15 is 0 Å². The average Bonchev–Trinajstić information content (AvgIpc) is 2.69. The minimum absolute atomic E-state index is 0.333. The van der Waals surface area contributed by atoms with Gasteiger partial charge in [0, 0.05) is 18.8 Å². The minimum atomic E-state index is -0.358. The second-order valence-electron chi connectivity index (χ2n) is 5.69. The molecule has 0 aliphatic carbocycles. The van der Waals surface area contributed by atoms with Crippen molar-refractivity contribution in [3.05, 3.63) is 95.8 Å². The third-order valence-electron chi connectivity index (χ3n) is 3.88. The van der Waals surface area contributed by atoms with Crippen molar-refractivity contribution in [1.29, 1.82) is 0 Å². The monoisotopic (exact) mass is 344 g/mol. The van der Waals surface area contributed by atoms with Gasteiger partial charge in [-0.05, 0) is 42.3 Å². The predicted molar refractivity (Wildman–Crippen MR) is 103 cm³/mol. The summed E-state index contributed by atoms with van der Waals surface area (Å²) in [4.78, 5) is 21.1. The highest BCUT2D eigenvalue weighted by molar-refractivity contribution is 6.05. The second-order valence-corrected chi connectivity index (χ2v) is 5.69. The van der Waals surface area contributed by atoms with E-state index < -0.39 is 0 Å².